The van der Waals surface area contributed by atoms with Crippen molar-refractivity contribution in [3.8, 4) is 0 Å². The lowest BCUT2D eigenvalue weighted by Crippen LogP contribution is -2.11. The number of azide groups is 1. The predicted octanol–water partition coefficient (Wildman–Crippen LogP) is 1.95. The summed E-state index contributed by atoms with van der Waals surface area (Å²) < 4.78 is 0. The number of aryl methyl sites for hydroxylation is 1. The number of hydrogen-bond donors (Lipinski definition) is 1. The van der Waals surface area contributed by atoms with Gasteiger partial charge in [0.1, 0.15) is 0 Å². The van der Waals surface area contributed by atoms with E-state index in [-0.39, 0.29) is 0 Å². The van der Waals surface area contributed by atoms with Gasteiger partial charge >= 0.3 is 0 Å². The Balaban J connectivity index is 2.83. The Morgan fingerprint density at radius 3 is 2.87 bits per heavy atom. The molecule has 0 aromatic heterocycles. The van der Waals surface area contributed by atoms with Gasteiger partial charge in [0.05, 0.1) is 0 Å². The van der Waals surface area contributed by atoms with Gasteiger partial charge in [-0.15, -0.1) is 0 Å². The van der Waals surface area contributed by atoms with Crippen molar-refractivity contribution in [3.63, 3.8) is 0 Å². The van der Waals surface area contributed by atoms with E-state index in [1.165, 1.54) is 0 Å². The van der Waals surface area contributed by atoms with Crippen LogP contribution in [-0.4, -0.2) is 12.5 Å². The molecule has 0 aliphatic heterocycles. The van der Waals surface area contributed by atoms with E-state index < -0.39 is 5.91 Å². The number of primary amides is 1. The minimum Gasteiger partial charge on any atom is -0.366 e. The average molecular weight is 204 g/mol. The summed E-state index contributed by atoms with van der Waals surface area (Å²) in [6.07, 6.45) is 0.676. The number of rotatable bonds is 4. The van der Waals surface area contributed by atoms with Gasteiger partial charge in [-0.1, -0.05) is 11.2 Å². The monoisotopic (exact) mass is 204 g/mol. The Labute approximate surface area is 87.5 Å². The van der Waals surface area contributed by atoms with Gasteiger partial charge in [-0.3, -0.25) is 4.79 Å². The number of carbonyl (C=O) groups excluding carboxylic acids is 1. The van der Waals surface area contributed by atoms with E-state index in [2.05, 4.69) is 10.0 Å². The van der Waals surface area contributed by atoms with E-state index in [1.807, 2.05) is 13.0 Å². The fourth-order valence-corrected chi connectivity index (χ4v) is 1.34. The first-order chi connectivity index (χ1) is 7.15. The fourth-order valence-electron chi connectivity index (χ4n) is 1.34. The molecule has 0 aliphatic rings. The third-order valence-electron chi connectivity index (χ3n) is 2.17. The van der Waals surface area contributed by atoms with Crippen molar-refractivity contribution in [2.75, 3.05) is 6.54 Å². The molecule has 0 atom stereocenters. The second kappa shape index (κ2) is 5.02. The van der Waals surface area contributed by atoms with Crippen LogP contribution in [0.2, 0.25) is 0 Å². The molecule has 0 radical (unpaired) electrons. The maximum atomic E-state index is 10.9. The largest absolute Gasteiger partial charge is 0.366 e. The molecule has 0 unspecified atom stereocenters. The highest BCUT2D eigenvalue weighted by Crippen LogP contribution is 2.11. The lowest BCUT2D eigenvalue weighted by Gasteiger charge is -2.05. The van der Waals surface area contributed by atoms with Crippen molar-refractivity contribution < 1.29 is 4.79 Å². The number of hydrogen-bond acceptors (Lipinski definition) is 2. The molecule has 0 heterocycles. The Bertz CT molecular complexity index is 421. The topological polar surface area (TPSA) is 91.9 Å². The summed E-state index contributed by atoms with van der Waals surface area (Å²) in [5, 5.41) is 3.45. The van der Waals surface area contributed by atoms with Crippen LogP contribution in [0.15, 0.2) is 23.3 Å². The van der Waals surface area contributed by atoms with Gasteiger partial charge in [0.2, 0.25) is 5.91 Å². The molecule has 0 bridgehead atoms. The van der Waals surface area contributed by atoms with Gasteiger partial charge in [0.15, 0.2) is 0 Å². The second-order valence-corrected chi connectivity index (χ2v) is 3.21. The van der Waals surface area contributed by atoms with Crippen molar-refractivity contribution in [2.45, 2.75) is 13.3 Å². The molecule has 2 N–H and O–H groups in total. The van der Waals surface area contributed by atoms with Crippen molar-refractivity contribution in [1.29, 1.82) is 0 Å². The van der Waals surface area contributed by atoms with Gasteiger partial charge in [-0.05, 0) is 42.1 Å². The highest BCUT2D eigenvalue weighted by Gasteiger charge is 2.03. The first-order valence-corrected chi connectivity index (χ1v) is 4.55. The van der Waals surface area contributed by atoms with E-state index in [0.29, 0.717) is 18.5 Å². The summed E-state index contributed by atoms with van der Waals surface area (Å²) in [7, 11) is 0. The van der Waals surface area contributed by atoms with Crippen LogP contribution in [0.4, 0.5) is 0 Å². The van der Waals surface area contributed by atoms with E-state index in [9.17, 15) is 4.79 Å². The molecule has 15 heavy (non-hydrogen) atoms. The van der Waals surface area contributed by atoms with Crippen LogP contribution in [0.3, 0.4) is 0 Å². The average Bonchev–Trinajstić information content (AvgIpc) is 2.20. The van der Waals surface area contributed by atoms with Gasteiger partial charge < -0.3 is 5.73 Å². The van der Waals surface area contributed by atoms with Crippen LogP contribution >= 0.6 is 0 Å². The normalized spacial score (nSPS) is 9.40. The van der Waals surface area contributed by atoms with Crippen LogP contribution in [0.5, 0.6) is 0 Å². The van der Waals surface area contributed by atoms with Crippen molar-refractivity contribution in [2.24, 2.45) is 10.8 Å². The molecular formula is C10H12N4O. The Morgan fingerprint density at radius 2 is 2.33 bits per heavy atom. The zero-order chi connectivity index (χ0) is 11.3. The minimum atomic E-state index is -0.431. The molecule has 1 rings (SSSR count). The summed E-state index contributed by atoms with van der Waals surface area (Å²) >= 11 is 0. The van der Waals surface area contributed by atoms with Crippen molar-refractivity contribution in [1.82, 2.24) is 0 Å². The van der Waals surface area contributed by atoms with Gasteiger partial charge in [0.25, 0.3) is 0 Å². The molecule has 0 fully saturated rings. The SMILES string of the molecule is Cc1cc(C(N)=O)ccc1CCN=[N+]=[N-]. The summed E-state index contributed by atoms with van der Waals surface area (Å²) in [6.45, 7) is 2.32. The number of amides is 1. The van der Waals surface area contributed by atoms with Crippen LogP contribution < -0.4 is 5.73 Å². The maximum Gasteiger partial charge on any atom is 0.248 e. The number of benzene rings is 1. The summed E-state index contributed by atoms with van der Waals surface area (Å²) in [6, 6.07) is 5.26. The third kappa shape index (κ3) is 3.00. The van der Waals surface area contributed by atoms with E-state index in [4.69, 9.17) is 11.3 Å². The summed E-state index contributed by atoms with van der Waals surface area (Å²) in [5.41, 5.74) is 15.8. The maximum absolute atomic E-state index is 10.9. The minimum absolute atomic E-state index is 0.424. The highest BCUT2D eigenvalue weighted by molar-refractivity contribution is 5.93. The molecule has 0 saturated heterocycles. The lowest BCUT2D eigenvalue weighted by atomic mass is 10.0. The zero-order valence-electron chi connectivity index (χ0n) is 8.47. The second-order valence-electron chi connectivity index (χ2n) is 3.21. The number of nitrogens with zero attached hydrogens (tertiary/aromatic N) is 3. The molecule has 1 aromatic rings. The lowest BCUT2D eigenvalue weighted by molar-refractivity contribution is 0.1000. The Hall–Kier alpha value is -2.00. The van der Waals surface area contributed by atoms with Gasteiger partial charge in [-0.2, -0.15) is 0 Å². The Kier molecular flexibility index (Phi) is 3.71. The number of nitrogens with two attached hydrogens (primary N) is 1. The number of carbonyl (C=O) groups is 1. The highest BCUT2D eigenvalue weighted by atomic mass is 16.1. The van der Waals surface area contributed by atoms with Crippen LogP contribution in [-0.2, 0) is 6.42 Å². The molecule has 1 aromatic carbocycles. The molecule has 5 heteroatoms. The van der Waals surface area contributed by atoms with Crippen molar-refractivity contribution in [3.05, 3.63) is 45.3 Å². The predicted molar refractivity (Wildman–Crippen MR) is 57.4 cm³/mol. The first kappa shape index (κ1) is 11.1. The molecule has 0 aliphatic carbocycles. The molecule has 78 valence electrons. The van der Waals surface area contributed by atoms with Gasteiger partial charge in [-0.25, -0.2) is 0 Å². The van der Waals surface area contributed by atoms with Crippen LogP contribution in [0.25, 0.3) is 10.4 Å². The van der Waals surface area contributed by atoms with E-state index in [1.54, 1.807) is 12.1 Å². The van der Waals surface area contributed by atoms with E-state index >= 15 is 0 Å². The summed E-state index contributed by atoms with van der Waals surface area (Å²) in [4.78, 5) is 13.6. The molecule has 5 nitrogen and oxygen atoms in total. The zero-order valence-corrected chi connectivity index (χ0v) is 8.47. The quantitative estimate of drug-likeness (QED) is 0.453. The third-order valence-corrected chi connectivity index (χ3v) is 2.17. The van der Waals surface area contributed by atoms with Gasteiger partial charge in [0, 0.05) is 17.0 Å². The standard InChI is InChI=1S/C10H12N4O/c1-7-6-9(10(11)15)3-2-8(7)4-5-13-14-12/h2-3,6H,4-5H2,1H3,(H2,11,15). The van der Waals surface area contributed by atoms with Crippen LogP contribution in [0, 0.1) is 6.92 Å². The molecular weight excluding hydrogens is 192 g/mol. The molecule has 0 spiro atoms. The Morgan fingerprint density at radius 1 is 1.60 bits per heavy atom. The molecule has 0 saturated carbocycles. The summed E-state index contributed by atoms with van der Waals surface area (Å²) in [5.74, 6) is -0.431. The van der Waals surface area contributed by atoms with E-state index in [0.717, 1.165) is 11.1 Å². The molecule has 1 amide bonds. The van der Waals surface area contributed by atoms with Crippen molar-refractivity contribution >= 4 is 5.91 Å². The smallest absolute Gasteiger partial charge is 0.248 e. The first-order valence-electron chi connectivity index (χ1n) is 4.55. The van der Waals surface area contributed by atoms with Crippen LogP contribution in [0.1, 0.15) is 21.5 Å². The fraction of sp³-hybridized carbons (Fsp3) is 0.300.